The maximum atomic E-state index is 10.6. The van der Waals surface area contributed by atoms with Crippen LogP contribution in [-0.4, -0.2) is 70.2 Å². The van der Waals surface area contributed by atoms with Crippen LogP contribution in [0.15, 0.2) is 0 Å². The largest absolute Gasteiger partial charge is 0.462 e. The molecular weight excluding hydrogens is 222 g/mol. The van der Waals surface area contributed by atoms with E-state index in [0.29, 0.717) is 0 Å². The number of ether oxygens (including phenoxy) is 1. The molecule has 0 aliphatic heterocycles. The van der Waals surface area contributed by atoms with Crippen molar-refractivity contribution in [2.45, 2.75) is 24.4 Å². The van der Waals surface area contributed by atoms with Crippen molar-refractivity contribution in [1.29, 1.82) is 0 Å². The van der Waals surface area contributed by atoms with Gasteiger partial charge in [0.05, 0.1) is 6.54 Å². The van der Waals surface area contributed by atoms with E-state index in [4.69, 9.17) is 15.9 Å². The van der Waals surface area contributed by atoms with Crippen molar-refractivity contribution in [3.8, 4) is 0 Å². The van der Waals surface area contributed by atoms with Gasteiger partial charge < -0.3 is 35.7 Å². The fourth-order valence-corrected chi connectivity index (χ4v) is 0.846. The lowest BCUT2D eigenvalue weighted by Crippen LogP contribution is -2.47. The molecule has 94 valence electrons. The molecule has 0 aliphatic carbocycles. The zero-order chi connectivity index (χ0) is 12.7. The Balaban J connectivity index is 4.11. The van der Waals surface area contributed by atoms with Gasteiger partial charge in [-0.1, -0.05) is 0 Å². The number of carbonyl (C=O) groups excluding carboxylic acids is 2. The lowest BCUT2D eigenvalue weighted by Gasteiger charge is -2.23. The van der Waals surface area contributed by atoms with Crippen LogP contribution in [0.5, 0.6) is 0 Å². The second-order valence-corrected chi connectivity index (χ2v) is 3.06. The normalized spacial score (nSPS) is 18.3. The molecule has 16 heavy (non-hydrogen) atoms. The summed E-state index contributed by atoms with van der Waals surface area (Å²) in [4.78, 5) is 20.7. The summed E-state index contributed by atoms with van der Waals surface area (Å²) in [6, 6.07) is 0. The number of aliphatic hydroxyl groups excluding tert-OH is 4. The highest BCUT2D eigenvalue weighted by molar-refractivity contribution is 5.71. The zero-order valence-electron chi connectivity index (χ0n) is 8.39. The van der Waals surface area contributed by atoms with Crippen LogP contribution in [0, 0.1) is 0 Å². The Bertz CT molecular complexity index is 234. The fourth-order valence-electron chi connectivity index (χ4n) is 0.846. The predicted octanol–water partition coefficient (Wildman–Crippen LogP) is -3.87. The maximum absolute atomic E-state index is 10.6. The lowest BCUT2D eigenvalue weighted by atomic mass is 10.0. The van der Waals surface area contributed by atoms with E-state index < -0.39 is 37.0 Å². The Morgan fingerprint density at radius 2 is 1.81 bits per heavy atom. The van der Waals surface area contributed by atoms with E-state index in [9.17, 15) is 19.8 Å². The monoisotopic (exact) mass is 237 g/mol. The molecule has 8 nitrogen and oxygen atoms in total. The molecular formula is C8H15NO7. The number of hydrogen-bond acceptors (Lipinski definition) is 8. The first-order valence-corrected chi connectivity index (χ1v) is 4.47. The maximum Gasteiger partial charge on any atom is 0.319 e. The molecule has 0 heterocycles. The number of aliphatic hydroxyl groups is 4. The zero-order valence-corrected chi connectivity index (χ0v) is 8.39. The predicted molar refractivity (Wildman–Crippen MR) is 50.1 cm³/mol. The Morgan fingerprint density at radius 1 is 1.25 bits per heavy atom. The van der Waals surface area contributed by atoms with Gasteiger partial charge in [-0.15, -0.1) is 0 Å². The fraction of sp³-hybridized carbons (Fsp3) is 0.750. The van der Waals surface area contributed by atoms with Gasteiger partial charge in [-0.25, -0.2) is 0 Å². The SMILES string of the molecule is NCC(=O)OC[C@@H](O)[C@H](O)[C@H](O)[C@@H](O)C=O. The van der Waals surface area contributed by atoms with Crippen molar-refractivity contribution in [2.75, 3.05) is 13.2 Å². The minimum absolute atomic E-state index is 0.00645. The highest BCUT2D eigenvalue weighted by Gasteiger charge is 2.30. The van der Waals surface area contributed by atoms with Crippen LogP contribution >= 0.6 is 0 Å². The Labute approximate surface area is 91.2 Å². The van der Waals surface area contributed by atoms with Gasteiger partial charge in [-0.05, 0) is 0 Å². The molecule has 0 unspecified atom stereocenters. The molecule has 0 radical (unpaired) electrons. The summed E-state index contributed by atoms with van der Waals surface area (Å²) >= 11 is 0. The second kappa shape index (κ2) is 7.25. The summed E-state index contributed by atoms with van der Waals surface area (Å²) in [6.07, 6.45) is -7.11. The van der Waals surface area contributed by atoms with Crippen LogP contribution in [0.2, 0.25) is 0 Å². The number of aldehydes is 1. The van der Waals surface area contributed by atoms with Crippen molar-refractivity contribution in [3.05, 3.63) is 0 Å². The Hall–Kier alpha value is -1.06. The molecule has 0 aromatic heterocycles. The minimum Gasteiger partial charge on any atom is -0.462 e. The molecule has 0 spiro atoms. The lowest BCUT2D eigenvalue weighted by molar-refractivity contribution is -0.155. The van der Waals surface area contributed by atoms with Gasteiger partial charge in [-0.2, -0.15) is 0 Å². The molecule has 0 bridgehead atoms. The molecule has 0 amide bonds. The number of hydrogen-bond donors (Lipinski definition) is 5. The number of nitrogens with two attached hydrogens (primary N) is 1. The van der Waals surface area contributed by atoms with Crippen LogP contribution < -0.4 is 5.73 Å². The third-order valence-electron chi connectivity index (χ3n) is 1.82. The molecule has 8 heteroatoms. The summed E-state index contributed by atoms with van der Waals surface area (Å²) < 4.78 is 4.38. The van der Waals surface area contributed by atoms with E-state index in [1.165, 1.54) is 0 Å². The highest BCUT2D eigenvalue weighted by Crippen LogP contribution is 2.04. The van der Waals surface area contributed by atoms with E-state index in [1.807, 2.05) is 0 Å². The van der Waals surface area contributed by atoms with E-state index in [2.05, 4.69) is 4.74 Å². The van der Waals surface area contributed by atoms with Crippen LogP contribution in [0.1, 0.15) is 0 Å². The quantitative estimate of drug-likeness (QED) is 0.223. The molecule has 6 N–H and O–H groups in total. The Morgan fingerprint density at radius 3 is 2.25 bits per heavy atom. The molecule has 0 rings (SSSR count). The van der Waals surface area contributed by atoms with Crippen LogP contribution in [0.25, 0.3) is 0 Å². The minimum atomic E-state index is -1.86. The molecule has 0 aromatic carbocycles. The topological polar surface area (TPSA) is 150 Å². The standard InChI is InChI=1S/C8H15NO7/c9-1-6(13)16-3-5(12)8(15)7(14)4(11)2-10/h2,4-5,7-8,11-12,14-15H,1,3,9H2/t4-,5+,7+,8-/m0/s1. The average molecular weight is 237 g/mol. The van der Waals surface area contributed by atoms with Crippen LogP contribution in [0.3, 0.4) is 0 Å². The van der Waals surface area contributed by atoms with Crippen molar-refractivity contribution in [3.63, 3.8) is 0 Å². The molecule has 0 aromatic rings. The molecule has 0 aliphatic rings. The summed E-state index contributed by atoms with van der Waals surface area (Å²) in [5.41, 5.74) is 4.91. The smallest absolute Gasteiger partial charge is 0.319 e. The van der Waals surface area contributed by atoms with E-state index in [1.54, 1.807) is 0 Å². The molecule has 4 atom stereocenters. The van der Waals surface area contributed by atoms with Crippen molar-refractivity contribution in [2.24, 2.45) is 5.73 Å². The van der Waals surface area contributed by atoms with E-state index >= 15 is 0 Å². The number of esters is 1. The van der Waals surface area contributed by atoms with Gasteiger partial charge in [0.25, 0.3) is 0 Å². The Kier molecular flexibility index (Phi) is 6.77. The van der Waals surface area contributed by atoms with E-state index in [0.717, 1.165) is 0 Å². The van der Waals surface area contributed by atoms with Gasteiger partial charge in [0.2, 0.25) is 0 Å². The first kappa shape index (κ1) is 14.9. The summed E-state index contributed by atoms with van der Waals surface area (Å²) in [5, 5.41) is 36.4. The van der Waals surface area contributed by atoms with Gasteiger partial charge in [0.1, 0.15) is 31.0 Å². The number of rotatable bonds is 7. The van der Waals surface area contributed by atoms with Gasteiger partial charge in [-0.3, -0.25) is 4.79 Å². The summed E-state index contributed by atoms with van der Waals surface area (Å²) in [5.74, 6) is -0.795. The van der Waals surface area contributed by atoms with Crippen LogP contribution in [0.4, 0.5) is 0 Å². The van der Waals surface area contributed by atoms with Crippen LogP contribution in [-0.2, 0) is 14.3 Å². The van der Waals surface area contributed by atoms with Gasteiger partial charge in [0.15, 0.2) is 6.29 Å². The second-order valence-electron chi connectivity index (χ2n) is 3.06. The van der Waals surface area contributed by atoms with Crippen molar-refractivity contribution >= 4 is 12.3 Å². The third kappa shape index (κ3) is 4.64. The first-order chi connectivity index (χ1) is 7.43. The summed E-state index contributed by atoms with van der Waals surface area (Å²) in [7, 11) is 0. The first-order valence-electron chi connectivity index (χ1n) is 4.47. The molecule has 0 saturated heterocycles. The van der Waals surface area contributed by atoms with E-state index in [-0.39, 0.29) is 12.8 Å². The van der Waals surface area contributed by atoms with Gasteiger partial charge >= 0.3 is 5.97 Å². The van der Waals surface area contributed by atoms with Gasteiger partial charge in [0, 0.05) is 0 Å². The third-order valence-corrected chi connectivity index (χ3v) is 1.82. The van der Waals surface area contributed by atoms with Crippen molar-refractivity contribution < 1.29 is 34.8 Å². The average Bonchev–Trinajstić information content (AvgIpc) is 2.32. The molecule has 0 saturated carbocycles. The summed E-state index contributed by atoms with van der Waals surface area (Å²) in [6.45, 7) is -0.984. The van der Waals surface area contributed by atoms with Crippen molar-refractivity contribution in [1.82, 2.24) is 0 Å². The molecule has 0 fully saturated rings. The highest BCUT2D eigenvalue weighted by atomic mass is 16.5. The number of carbonyl (C=O) groups is 2.